The highest BCUT2D eigenvalue weighted by molar-refractivity contribution is 8.00. The summed E-state index contributed by atoms with van der Waals surface area (Å²) in [5.74, 6) is 0.375. The molecule has 1 aliphatic heterocycles. The van der Waals surface area contributed by atoms with Gasteiger partial charge in [-0.1, -0.05) is 0 Å². The van der Waals surface area contributed by atoms with Gasteiger partial charge in [0.15, 0.2) is 6.61 Å². The third kappa shape index (κ3) is 3.73. The van der Waals surface area contributed by atoms with Crippen LogP contribution in [0.2, 0.25) is 0 Å². The highest BCUT2D eigenvalue weighted by atomic mass is 32.2. The van der Waals surface area contributed by atoms with Gasteiger partial charge in [-0.3, -0.25) is 4.79 Å². The van der Waals surface area contributed by atoms with Crippen LogP contribution in [0.25, 0.3) is 0 Å². The van der Waals surface area contributed by atoms with E-state index in [9.17, 15) is 9.59 Å². The van der Waals surface area contributed by atoms with Gasteiger partial charge in [-0.2, -0.15) is 0 Å². The van der Waals surface area contributed by atoms with E-state index in [0.717, 1.165) is 23.3 Å². The summed E-state index contributed by atoms with van der Waals surface area (Å²) in [6.45, 7) is 1.47. The summed E-state index contributed by atoms with van der Waals surface area (Å²) in [5, 5.41) is 13.5. The summed E-state index contributed by atoms with van der Waals surface area (Å²) >= 11 is 3.37. The predicted molar refractivity (Wildman–Crippen MR) is 96.2 cm³/mol. The topological polar surface area (TPSA) is 75.6 Å². The van der Waals surface area contributed by atoms with Crippen LogP contribution in [-0.4, -0.2) is 29.3 Å². The van der Waals surface area contributed by atoms with E-state index in [1.807, 2.05) is 18.4 Å². The van der Waals surface area contributed by atoms with Crippen molar-refractivity contribution in [2.45, 2.75) is 18.6 Å². The number of rotatable bonds is 5. The van der Waals surface area contributed by atoms with Gasteiger partial charge >= 0.3 is 5.97 Å². The van der Waals surface area contributed by atoms with Crippen LogP contribution in [0, 0.1) is 6.92 Å². The van der Waals surface area contributed by atoms with Crippen molar-refractivity contribution in [1.82, 2.24) is 0 Å². The molecule has 1 amide bonds. The summed E-state index contributed by atoms with van der Waals surface area (Å²) in [6, 6.07) is 7.16. The smallest absolute Gasteiger partial charge is 0.341 e. The molecule has 1 aromatic carbocycles. The van der Waals surface area contributed by atoms with E-state index < -0.39 is 5.97 Å². The van der Waals surface area contributed by atoms with Crippen molar-refractivity contribution in [3.05, 3.63) is 45.6 Å². The fourth-order valence-electron chi connectivity index (χ4n) is 2.57. The molecule has 0 saturated heterocycles. The Morgan fingerprint density at radius 3 is 2.96 bits per heavy atom. The molecule has 126 valence electrons. The zero-order valence-electron chi connectivity index (χ0n) is 13.1. The summed E-state index contributed by atoms with van der Waals surface area (Å²) in [6.07, 6.45) is 1.02. The number of nitrogens with one attached hydrogen (secondary N) is 1. The van der Waals surface area contributed by atoms with E-state index in [-0.39, 0.29) is 17.8 Å². The van der Waals surface area contributed by atoms with Gasteiger partial charge in [0.2, 0.25) is 5.91 Å². The molecule has 5 nitrogen and oxygen atoms in total. The fourth-order valence-corrected chi connectivity index (χ4v) is 4.87. The highest BCUT2D eigenvalue weighted by Crippen LogP contribution is 2.40. The largest absolute Gasteiger partial charge is 0.482 e. The number of benzene rings is 1. The van der Waals surface area contributed by atoms with Crippen LogP contribution in [0.3, 0.4) is 0 Å². The summed E-state index contributed by atoms with van der Waals surface area (Å²) in [7, 11) is 0. The molecule has 1 atom stereocenters. The number of fused-ring (bicyclic) bond motifs is 1. The van der Waals surface area contributed by atoms with E-state index in [1.165, 1.54) is 4.88 Å². The van der Waals surface area contributed by atoms with Crippen LogP contribution in [-0.2, 0) is 16.0 Å². The Morgan fingerprint density at radius 1 is 1.38 bits per heavy atom. The number of ether oxygens (including phenoxy) is 1. The number of carboxylic acids is 1. The van der Waals surface area contributed by atoms with Crippen molar-refractivity contribution in [3.63, 3.8) is 0 Å². The number of carbonyl (C=O) groups is 2. The molecule has 7 heteroatoms. The Morgan fingerprint density at radius 2 is 2.21 bits per heavy atom. The number of aliphatic carboxylic acids is 1. The molecular weight excluding hydrogens is 346 g/mol. The monoisotopic (exact) mass is 363 g/mol. The van der Waals surface area contributed by atoms with Crippen molar-refractivity contribution in [2.24, 2.45) is 0 Å². The van der Waals surface area contributed by atoms with Crippen LogP contribution < -0.4 is 10.1 Å². The number of carboxylic acid groups (broad SMARTS) is 1. The standard InChI is InChI=1S/C17H17NO4S2/c1-10-8-11(22-9-15(19)20)2-3-13(10)18-17(21)16-12-4-6-23-14(12)5-7-24-16/h2-4,6,8,16H,5,7,9H2,1H3,(H,18,21)(H,19,20). The SMILES string of the molecule is Cc1cc(OCC(=O)O)ccc1NC(=O)C1SCCc2sccc21. The van der Waals surface area contributed by atoms with Crippen LogP contribution in [0.15, 0.2) is 29.6 Å². The maximum Gasteiger partial charge on any atom is 0.341 e. The fraction of sp³-hybridized carbons (Fsp3) is 0.294. The van der Waals surface area contributed by atoms with Gasteiger partial charge in [0.05, 0.1) is 0 Å². The Kier molecular flexibility index (Phi) is 5.11. The van der Waals surface area contributed by atoms with Crippen LogP contribution in [0.4, 0.5) is 5.69 Å². The van der Waals surface area contributed by atoms with Crippen molar-refractivity contribution < 1.29 is 19.4 Å². The molecule has 0 fully saturated rings. The number of aryl methyl sites for hydroxylation is 2. The van der Waals surface area contributed by atoms with Gasteiger partial charge in [-0.05, 0) is 59.9 Å². The number of carbonyl (C=O) groups excluding carboxylic acids is 1. The molecule has 2 N–H and O–H groups in total. The zero-order valence-corrected chi connectivity index (χ0v) is 14.7. The van der Waals surface area contributed by atoms with Crippen molar-refractivity contribution in [2.75, 3.05) is 17.7 Å². The quantitative estimate of drug-likeness (QED) is 0.850. The molecule has 2 heterocycles. The lowest BCUT2D eigenvalue weighted by molar-refractivity contribution is -0.139. The first-order valence-corrected chi connectivity index (χ1v) is 9.41. The number of hydrogen-bond donors (Lipinski definition) is 2. The van der Waals surface area contributed by atoms with Gasteiger partial charge < -0.3 is 15.2 Å². The Bertz CT molecular complexity index is 772. The van der Waals surface area contributed by atoms with E-state index in [0.29, 0.717) is 11.4 Å². The van der Waals surface area contributed by atoms with E-state index in [1.54, 1.807) is 41.3 Å². The molecule has 1 aliphatic rings. The second-order valence-corrected chi connectivity index (χ2v) is 7.66. The minimum Gasteiger partial charge on any atom is -0.482 e. The number of hydrogen-bond acceptors (Lipinski definition) is 5. The average Bonchev–Trinajstić information content (AvgIpc) is 3.03. The van der Waals surface area contributed by atoms with Gasteiger partial charge in [-0.25, -0.2) is 4.79 Å². The van der Waals surface area contributed by atoms with Crippen LogP contribution in [0.5, 0.6) is 5.75 Å². The lowest BCUT2D eigenvalue weighted by Gasteiger charge is -2.22. The summed E-state index contributed by atoms with van der Waals surface area (Å²) in [4.78, 5) is 24.5. The molecule has 1 unspecified atom stereocenters. The minimum absolute atomic E-state index is 0.0262. The van der Waals surface area contributed by atoms with E-state index >= 15 is 0 Å². The Hall–Kier alpha value is -1.99. The maximum absolute atomic E-state index is 12.6. The van der Waals surface area contributed by atoms with Gasteiger partial charge in [0, 0.05) is 10.6 Å². The molecule has 24 heavy (non-hydrogen) atoms. The lowest BCUT2D eigenvalue weighted by atomic mass is 10.1. The number of amides is 1. The molecule has 2 aromatic rings. The Labute approximate surface area is 148 Å². The Balaban J connectivity index is 1.70. The molecule has 0 saturated carbocycles. The van der Waals surface area contributed by atoms with E-state index in [4.69, 9.17) is 9.84 Å². The van der Waals surface area contributed by atoms with Crippen LogP contribution in [0.1, 0.15) is 21.3 Å². The van der Waals surface area contributed by atoms with Gasteiger partial charge in [-0.15, -0.1) is 23.1 Å². The predicted octanol–water partition coefficient (Wildman–Crippen LogP) is 3.49. The molecule has 0 aliphatic carbocycles. The van der Waals surface area contributed by atoms with Crippen molar-refractivity contribution in [1.29, 1.82) is 0 Å². The molecule has 3 rings (SSSR count). The molecule has 0 radical (unpaired) electrons. The number of anilines is 1. The normalized spacial score (nSPS) is 16.3. The average molecular weight is 363 g/mol. The van der Waals surface area contributed by atoms with Crippen molar-refractivity contribution >= 4 is 40.7 Å². The second kappa shape index (κ2) is 7.27. The van der Waals surface area contributed by atoms with Gasteiger partial charge in [0.1, 0.15) is 11.0 Å². The molecule has 1 aromatic heterocycles. The first kappa shape index (κ1) is 16.9. The third-order valence-corrected chi connectivity index (χ3v) is 5.97. The van der Waals surface area contributed by atoms with Gasteiger partial charge in [0.25, 0.3) is 0 Å². The molecule has 0 spiro atoms. The first-order chi connectivity index (χ1) is 11.5. The lowest BCUT2D eigenvalue weighted by Crippen LogP contribution is -2.22. The number of thiophene rings is 1. The van der Waals surface area contributed by atoms with Crippen molar-refractivity contribution in [3.8, 4) is 5.75 Å². The summed E-state index contributed by atoms with van der Waals surface area (Å²) < 4.78 is 5.15. The summed E-state index contributed by atoms with van der Waals surface area (Å²) in [5.41, 5.74) is 2.66. The number of thioether (sulfide) groups is 1. The molecule has 0 bridgehead atoms. The maximum atomic E-state index is 12.6. The minimum atomic E-state index is -1.02. The second-order valence-electron chi connectivity index (χ2n) is 5.45. The zero-order chi connectivity index (χ0) is 17.1. The molecular formula is C17H17NO4S2. The third-order valence-electron chi connectivity index (χ3n) is 3.73. The highest BCUT2D eigenvalue weighted by Gasteiger charge is 2.28. The first-order valence-electron chi connectivity index (χ1n) is 7.48. The van der Waals surface area contributed by atoms with E-state index in [2.05, 4.69) is 5.32 Å². The van der Waals surface area contributed by atoms with Crippen LogP contribution >= 0.6 is 23.1 Å².